The number of hydrogen-bond acceptors (Lipinski definition) is 4. The molecule has 0 aromatic heterocycles. The molecule has 3 rings (SSSR count). The van der Waals surface area contributed by atoms with Crippen LogP contribution in [-0.2, 0) is 0 Å². The number of rotatable bonds is 8. The van der Waals surface area contributed by atoms with Gasteiger partial charge in [0.15, 0.2) is 0 Å². The normalized spacial score (nSPS) is 20.9. The molecule has 1 saturated heterocycles. The SMILES string of the molecule is C=C(C1=C(N=CC)CCC1C)N1CCN(C(=C)C(CNC)c2ccc(Cl)cc2)CC1. The lowest BCUT2D eigenvalue weighted by molar-refractivity contribution is 0.186. The lowest BCUT2D eigenvalue weighted by Crippen LogP contribution is -2.46. The van der Waals surface area contributed by atoms with Gasteiger partial charge in [0.05, 0.1) is 0 Å². The second-order valence-corrected chi connectivity index (χ2v) is 8.70. The molecule has 0 radical (unpaired) electrons. The second kappa shape index (κ2) is 10.3. The second-order valence-electron chi connectivity index (χ2n) is 8.26. The summed E-state index contributed by atoms with van der Waals surface area (Å²) in [5.74, 6) is 0.777. The molecule has 1 aromatic carbocycles. The van der Waals surface area contributed by atoms with Crippen molar-refractivity contribution in [3.05, 3.63) is 70.7 Å². The number of piperazine rings is 1. The smallest absolute Gasteiger partial charge is 0.0454 e. The van der Waals surface area contributed by atoms with Crippen molar-refractivity contribution in [1.82, 2.24) is 15.1 Å². The van der Waals surface area contributed by atoms with Gasteiger partial charge in [-0.1, -0.05) is 43.8 Å². The quantitative estimate of drug-likeness (QED) is 0.589. The Morgan fingerprint density at radius 1 is 1.20 bits per heavy atom. The zero-order valence-corrected chi connectivity index (χ0v) is 19.4. The van der Waals surface area contributed by atoms with E-state index in [0.717, 1.165) is 49.9 Å². The summed E-state index contributed by atoms with van der Waals surface area (Å²) >= 11 is 6.09. The summed E-state index contributed by atoms with van der Waals surface area (Å²) in [5, 5.41) is 4.09. The molecule has 0 spiro atoms. The summed E-state index contributed by atoms with van der Waals surface area (Å²) in [6, 6.07) is 8.14. The first-order chi connectivity index (χ1) is 14.5. The Morgan fingerprint density at radius 3 is 2.43 bits per heavy atom. The van der Waals surface area contributed by atoms with Crippen molar-refractivity contribution in [3.8, 4) is 0 Å². The van der Waals surface area contributed by atoms with Gasteiger partial charge in [-0.3, -0.25) is 4.99 Å². The summed E-state index contributed by atoms with van der Waals surface area (Å²) in [6.07, 6.45) is 4.13. The molecule has 1 N–H and O–H groups in total. The van der Waals surface area contributed by atoms with E-state index in [-0.39, 0.29) is 5.92 Å². The van der Waals surface area contributed by atoms with Gasteiger partial charge in [-0.15, -0.1) is 0 Å². The van der Waals surface area contributed by atoms with Crippen LogP contribution in [0.15, 0.2) is 65.1 Å². The molecule has 0 saturated carbocycles. The van der Waals surface area contributed by atoms with E-state index in [2.05, 4.69) is 52.3 Å². The number of hydrogen-bond donors (Lipinski definition) is 1. The maximum absolute atomic E-state index is 6.09. The highest BCUT2D eigenvalue weighted by molar-refractivity contribution is 6.30. The summed E-state index contributed by atoms with van der Waals surface area (Å²) < 4.78 is 0. The Kier molecular flexibility index (Phi) is 7.79. The molecular formula is C25H35ClN4. The van der Waals surface area contributed by atoms with E-state index in [1.54, 1.807) is 0 Å². The average Bonchev–Trinajstić information content (AvgIpc) is 3.12. The highest BCUT2D eigenvalue weighted by Crippen LogP contribution is 2.38. The first-order valence-corrected chi connectivity index (χ1v) is 11.3. The number of allylic oxidation sites excluding steroid dienone is 2. The molecule has 2 atom stereocenters. The molecule has 2 aliphatic rings. The van der Waals surface area contributed by atoms with Gasteiger partial charge in [0, 0.05) is 67.0 Å². The predicted molar refractivity (Wildman–Crippen MR) is 129 cm³/mol. The standard InChI is InChI=1S/C25H35ClN4/c1-6-28-24-12-7-18(2)25(24)20(4)30-15-13-29(14-16-30)19(3)23(17-27-5)21-8-10-22(26)11-9-21/h6,8-11,18,23,27H,3-4,7,12-17H2,1-2,5H3. The average molecular weight is 427 g/mol. The summed E-state index contributed by atoms with van der Waals surface area (Å²) in [5.41, 5.74) is 6.16. The zero-order chi connectivity index (χ0) is 21.7. The molecule has 162 valence electrons. The van der Waals surface area contributed by atoms with Gasteiger partial charge in [0.1, 0.15) is 0 Å². The third kappa shape index (κ3) is 4.98. The minimum absolute atomic E-state index is 0.241. The number of aliphatic imine (C=N–C) groups is 1. The Hall–Kier alpha value is -2.04. The molecule has 30 heavy (non-hydrogen) atoms. The van der Waals surface area contributed by atoms with Crippen LogP contribution in [0.4, 0.5) is 0 Å². The van der Waals surface area contributed by atoms with E-state index >= 15 is 0 Å². The van der Waals surface area contributed by atoms with Crippen molar-refractivity contribution in [2.75, 3.05) is 39.8 Å². The van der Waals surface area contributed by atoms with E-state index < -0.39 is 0 Å². The van der Waals surface area contributed by atoms with Crippen molar-refractivity contribution in [3.63, 3.8) is 0 Å². The minimum Gasteiger partial charge on any atom is -0.371 e. The van der Waals surface area contributed by atoms with Crippen LogP contribution >= 0.6 is 11.6 Å². The van der Waals surface area contributed by atoms with Crippen LogP contribution in [0.1, 0.15) is 38.2 Å². The molecule has 1 aliphatic carbocycles. The van der Waals surface area contributed by atoms with Crippen LogP contribution in [0, 0.1) is 5.92 Å². The van der Waals surface area contributed by atoms with E-state index in [1.807, 2.05) is 32.3 Å². The summed E-state index contributed by atoms with van der Waals surface area (Å²) in [6.45, 7) is 17.9. The van der Waals surface area contributed by atoms with Crippen molar-refractivity contribution in [2.45, 2.75) is 32.6 Å². The van der Waals surface area contributed by atoms with Crippen molar-refractivity contribution in [2.24, 2.45) is 10.9 Å². The largest absolute Gasteiger partial charge is 0.371 e. The van der Waals surface area contributed by atoms with Crippen LogP contribution in [0.2, 0.25) is 5.02 Å². The van der Waals surface area contributed by atoms with Crippen molar-refractivity contribution in [1.29, 1.82) is 0 Å². The zero-order valence-electron chi connectivity index (χ0n) is 18.6. The van der Waals surface area contributed by atoms with Crippen LogP contribution in [-0.4, -0.2) is 55.8 Å². The maximum Gasteiger partial charge on any atom is 0.0454 e. The number of nitrogens with zero attached hydrogens (tertiary/aromatic N) is 3. The molecule has 2 unspecified atom stereocenters. The highest BCUT2D eigenvalue weighted by atomic mass is 35.5. The van der Waals surface area contributed by atoms with E-state index in [4.69, 9.17) is 11.6 Å². The lowest BCUT2D eigenvalue weighted by Gasteiger charge is -2.41. The molecule has 1 heterocycles. The Balaban J connectivity index is 1.66. The van der Waals surface area contributed by atoms with Gasteiger partial charge in [0.25, 0.3) is 0 Å². The van der Waals surface area contributed by atoms with Gasteiger partial charge in [-0.05, 0) is 56.0 Å². The third-order valence-corrected chi connectivity index (χ3v) is 6.62. The number of benzene rings is 1. The van der Waals surface area contributed by atoms with Gasteiger partial charge in [0.2, 0.25) is 0 Å². The predicted octanol–water partition coefficient (Wildman–Crippen LogP) is 5.06. The van der Waals surface area contributed by atoms with Gasteiger partial charge in [-0.25, -0.2) is 0 Å². The topological polar surface area (TPSA) is 30.9 Å². The van der Waals surface area contributed by atoms with Crippen LogP contribution in [0.3, 0.4) is 0 Å². The molecular weight excluding hydrogens is 392 g/mol. The van der Waals surface area contributed by atoms with E-state index in [9.17, 15) is 0 Å². The maximum atomic E-state index is 6.09. The summed E-state index contributed by atoms with van der Waals surface area (Å²) in [7, 11) is 1.99. The number of likely N-dealkylation sites (N-methyl/N-ethyl adjacent to an activating group) is 1. The van der Waals surface area contributed by atoms with E-state index in [0.29, 0.717) is 5.92 Å². The van der Waals surface area contributed by atoms with Gasteiger partial charge in [-0.2, -0.15) is 0 Å². The molecule has 4 nitrogen and oxygen atoms in total. The van der Waals surface area contributed by atoms with Crippen LogP contribution < -0.4 is 5.32 Å². The van der Waals surface area contributed by atoms with Crippen LogP contribution in [0.25, 0.3) is 0 Å². The fraction of sp³-hybridized carbons (Fsp3) is 0.480. The minimum atomic E-state index is 0.241. The first kappa shape index (κ1) is 22.6. The fourth-order valence-corrected chi connectivity index (χ4v) is 4.77. The third-order valence-electron chi connectivity index (χ3n) is 6.36. The molecule has 0 amide bonds. The molecule has 1 aliphatic heterocycles. The molecule has 1 aromatic rings. The molecule has 5 heteroatoms. The Bertz CT molecular complexity index is 816. The number of nitrogens with one attached hydrogen (secondary N) is 1. The Labute approximate surface area is 187 Å². The monoisotopic (exact) mass is 426 g/mol. The van der Waals surface area contributed by atoms with Gasteiger partial charge >= 0.3 is 0 Å². The van der Waals surface area contributed by atoms with Gasteiger partial charge < -0.3 is 15.1 Å². The van der Waals surface area contributed by atoms with E-state index in [1.165, 1.54) is 29.0 Å². The van der Waals surface area contributed by atoms with Crippen molar-refractivity contribution < 1.29 is 0 Å². The first-order valence-electron chi connectivity index (χ1n) is 11.0. The Morgan fingerprint density at radius 2 is 1.83 bits per heavy atom. The lowest BCUT2D eigenvalue weighted by atomic mass is 9.94. The van der Waals surface area contributed by atoms with Crippen molar-refractivity contribution >= 4 is 17.8 Å². The highest BCUT2D eigenvalue weighted by Gasteiger charge is 2.29. The molecule has 1 fully saturated rings. The number of halogens is 1. The molecule has 0 bridgehead atoms. The van der Waals surface area contributed by atoms with Crippen LogP contribution in [0.5, 0.6) is 0 Å². The fourth-order valence-electron chi connectivity index (χ4n) is 4.64. The summed E-state index contributed by atoms with van der Waals surface area (Å²) in [4.78, 5) is 9.48.